The van der Waals surface area contributed by atoms with Crippen molar-refractivity contribution in [1.82, 2.24) is 16.0 Å². The Bertz CT molecular complexity index is 3300. The number of carbonyl (C=O) groups is 8. The van der Waals surface area contributed by atoms with Gasteiger partial charge in [-0.05, 0) is 129 Å². The number of phenolic OH excluding ortho intramolecular Hbond substituents is 2. The monoisotopic (exact) mass is 1520 g/mol. The Morgan fingerprint density at radius 1 is 0.740 bits per heavy atom. The number of ketones is 2. The van der Waals surface area contributed by atoms with Gasteiger partial charge in [0.05, 0.1) is 78.4 Å². The maximum Gasteiger partial charge on any atom is 0.405 e. The number of Topliss-reactive ketones (excluding diaryl/α,β-unsaturated/α-hetero) is 1. The first-order valence-corrected chi connectivity index (χ1v) is 33.9. The molecule has 30 heteroatoms. The van der Waals surface area contributed by atoms with E-state index < -0.39 is 107 Å². The third-order valence-electron chi connectivity index (χ3n) is 17.5. The topological polar surface area (TPSA) is 429 Å². The number of ether oxygens (including phenoxy) is 6. The van der Waals surface area contributed by atoms with Gasteiger partial charge >= 0.3 is 12.2 Å². The average molecular weight is 1530 g/mol. The van der Waals surface area contributed by atoms with E-state index in [1.54, 1.807) is 135 Å². The maximum atomic E-state index is 13.6. The number of nitrogens with two attached hydrogens (primary N) is 4. The summed E-state index contributed by atoms with van der Waals surface area (Å²) in [5.74, 6) is -4.30. The van der Waals surface area contributed by atoms with E-state index in [-0.39, 0.29) is 113 Å². The Kier molecular flexibility index (Phi) is 46.0. The molecule has 2 aliphatic heterocycles. The number of carbonyl (C=O) groups excluding carboxylic acids is 8. The molecule has 0 spiro atoms. The van der Waals surface area contributed by atoms with E-state index in [1.807, 2.05) is 33.8 Å². The number of aromatic hydroxyl groups is 2. The van der Waals surface area contributed by atoms with Crippen molar-refractivity contribution in [1.29, 1.82) is 0 Å². The second-order valence-electron chi connectivity index (χ2n) is 26.5. The number of benzene rings is 1. The fraction of sp³-hybridized carbons (Fsp3) is 0.541. The number of hydrogen-bond donors (Lipinski definition) is 12. The summed E-state index contributed by atoms with van der Waals surface area (Å²) in [6, 6.07) is 1.32. The molecular weight excluding hydrogens is 1410 g/mol. The van der Waals surface area contributed by atoms with Gasteiger partial charge in [-0.2, -0.15) is 0 Å². The Morgan fingerprint density at radius 3 is 1.56 bits per heavy atom. The number of quaternary nitrogens is 2. The van der Waals surface area contributed by atoms with Crippen molar-refractivity contribution in [3.8, 4) is 11.5 Å². The van der Waals surface area contributed by atoms with Gasteiger partial charge < -0.3 is 115 Å². The van der Waals surface area contributed by atoms with Gasteiger partial charge in [-0.15, -0.1) is 19.0 Å². The number of fused-ring (bicyclic) bond motifs is 4. The summed E-state index contributed by atoms with van der Waals surface area (Å²) in [5.41, 5.74) is 12.6. The minimum Gasteiger partial charge on any atom is -1.00 e. The van der Waals surface area contributed by atoms with E-state index in [0.29, 0.717) is 53.8 Å². The second kappa shape index (κ2) is 48.6. The van der Waals surface area contributed by atoms with Crippen molar-refractivity contribution >= 4 is 82.2 Å². The Labute approximate surface area is 630 Å². The quantitative estimate of drug-likeness (QED) is 0.0282. The number of nitrogens with one attached hydrogen (secondary N) is 4. The van der Waals surface area contributed by atoms with Crippen molar-refractivity contribution in [2.24, 2.45) is 35.1 Å². The zero-order chi connectivity index (χ0) is 78.1. The lowest BCUT2D eigenvalue weighted by atomic mass is 9.85. The molecule has 4 bridgehead atoms. The van der Waals surface area contributed by atoms with Crippen LogP contribution in [-0.2, 0) is 63.6 Å². The lowest BCUT2D eigenvalue weighted by Crippen LogP contribution is -3.00. The highest BCUT2D eigenvalue weighted by Gasteiger charge is 2.35. The Morgan fingerprint density at radius 2 is 1.19 bits per heavy atom. The first-order valence-electron chi connectivity index (χ1n) is 33.6. The molecule has 1 aliphatic carbocycles. The molecule has 0 fully saturated rings. The number of aliphatic hydroxyl groups excluding tert-OH is 2. The standard InChI is InChI=1S/C32H47N3O8.C32H45N3O8.C5H10ClNO.C5H11NO2.2ClH/c2*1-8-12-34-28-23-13-18(2)14-27(42-7)29(37)21(5)15-20(4)26(43-32(33)40)16-22(41-6)11-9-10-19(3)31(39)35-24(30(23)38)17-25(28)36;1-5(2,7-3)4(6)8;1-5(2,6-3)4(7)8;;/h8-11,15,17-18,21-22,26-27,29,34,36-38H,1,12-14,16H2,2-7H3,(H2,33,40)(H,35,39);8-11,15,17-18,21-22,26-27,29,34,37H,1,12-14,16H2,2-7H3,(H2,33,40)(H,35,39);7H,1-3H3;6H,1-3H3,(H,7,8);2*1H/b2*11-9-,19-10+,20-15+;;;;/t2*18-,21+,22+,26-,27+,29-;;;;/m11..../s1. The summed E-state index contributed by atoms with van der Waals surface area (Å²) in [4.78, 5) is 96.5. The maximum absolute atomic E-state index is 13.6. The lowest BCUT2D eigenvalue weighted by Gasteiger charge is -2.29. The van der Waals surface area contributed by atoms with Gasteiger partial charge in [-0.25, -0.2) is 9.59 Å². The molecular formula is C74H115Cl3N8O19. The molecule has 0 unspecified atom stereocenters. The van der Waals surface area contributed by atoms with Crippen molar-refractivity contribution < 1.29 is 115 Å². The molecule has 0 saturated carbocycles. The predicted octanol–water partition coefficient (Wildman–Crippen LogP) is 2.14. The third kappa shape index (κ3) is 32.9. The van der Waals surface area contributed by atoms with Crippen molar-refractivity contribution in [2.45, 2.75) is 182 Å². The van der Waals surface area contributed by atoms with Crippen LogP contribution in [0.2, 0.25) is 0 Å². The first-order chi connectivity index (χ1) is 47.6. The number of carboxylic acid groups (broad SMARTS) is 1. The number of aliphatic hydroxyl groups is 2. The Balaban J connectivity index is 0. The molecule has 0 aromatic heterocycles. The molecule has 0 radical (unpaired) electrons. The summed E-state index contributed by atoms with van der Waals surface area (Å²) in [6.07, 6.45) is 12.2. The minimum atomic E-state index is -1.03. The van der Waals surface area contributed by atoms with Crippen LogP contribution in [0, 0.1) is 23.7 Å². The number of primary amides is 2. The van der Waals surface area contributed by atoms with E-state index >= 15 is 0 Å². The molecule has 16 N–H and O–H groups in total. The number of methoxy groups -OCH3 is 4. The fourth-order valence-electron chi connectivity index (χ4n) is 10.5. The molecule has 12 atom stereocenters. The minimum absolute atomic E-state index is 0. The van der Waals surface area contributed by atoms with E-state index in [1.165, 1.54) is 34.5 Å². The van der Waals surface area contributed by atoms with Gasteiger partial charge in [0.1, 0.15) is 29.5 Å². The van der Waals surface area contributed by atoms with Crippen molar-refractivity contribution in [3.63, 3.8) is 0 Å². The van der Waals surface area contributed by atoms with Crippen LogP contribution in [0.1, 0.15) is 121 Å². The van der Waals surface area contributed by atoms with Gasteiger partial charge in [0.2, 0.25) is 16.8 Å². The van der Waals surface area contributed by atoms with Crippen molar-refractivity contribution in [2.75, 3.05) is 60.9 Å². The summed E-state index contributed by atoms with van der Waals surface area (Å²) >= 11 is 5.17. The molecule has 104 heavy (non-hydrogen) atoms. The van der Waals surface area contributed by atoms with Crippen LogP contribution in [0.25, 0.3) is 0 Å². The number of halogens is 3. The molecule has 0 saturated heterocycles. The van der Waals surface area contributed by atoms with Crippen molar-refractivity contribution in [3.05, 3.63) is 131 Å². The van der Waals surface area contributed by atoms with E-state index in [4.69, 9.17) is 51.5 Å². The summed E-state index contributed by atoms with van der Waals surface area (Å²) in [5, 5.41) is 68.8. The zero-order valence-electron chi connectivity index (χ0n) is 63.3. The number of amides is 4. The number of allylic oxidation sites excluding steroid dienone is 6. The van der Waals surface area contributed by atoms with Crippen LogP contribution in [-0.4, -0.2) is 183 Å². The highest BCUT2D eigenvalue weighted by molar-refractivity contribution is 6.65. The van der Waals surface area contributed by atoms with E-state index in [2.05, 4.69) is 34.4 Å². The SMILES string of the molecule is C=CCNC1=C2C[C@@H](C)C[C@H](OC)[C@H](O)[C@@H](C)/C=C(\C)[C@H](OC(N)=O)C[C@@H](OC)/C=C\C=C(/C)C(=O)NC(=CC1=O)C2=O.C=CC[NH2+]c1c(O)cc2c(O)c1C[C@@H](C)C[C@H](OC)[C@H](O)[C@@H](C)/C=C(\C)[C@H](OC(N)=O)C[C@@H](OC)/C=C\C=C(/C)C(=O)N2.CNC(C)(C)C(=O)Cl.C[NH2+]C(C)(C)C(=O)[O-].Cl.[Cl-]. The number of hydrogen-bond acceptors (Lipinski definition) is 21. The van der Waals surface area contributed by atoms with Crippen LogP contribution in [0.3, 0.4) is 0 Å². The Hall–Kier alpha value is -7.51. The fourth-order valence-corrected chi connectivity index (χ4v) is 10.5. The molecule has 1 aromatic carbocycles. The third-order valence-corrected chi connectivity index (χ3v) is 18.0. The smallest absolute Gasteiger partial charge is 0.405 e. The lowest BCUT2D eigenvalue weighted by molar-refractivity contribution is -0.689. The van der Waals surface area contributed by atoms with E-state index in [9.17, 15) is 63.9 Å². The number of anilines is 1. The number of rotatable bonds is 16. The van der Waals surface area contributed by atoms with Crippen LogP contribution < -0.4 is 60.9 Å². The van der Waals surface area contributed by atoms with Crippen LogP contribution in [0.15, 0.2) is 125 Å². The van der Waals surface area contributed by atoms with Gasteiger partial charge in [0.25, 0.3) is 11.8 Å². The molecule has 2 heterocycles. The summed E-state index contributed by atoms with van der Waals surface area (Å²) in [7, 11) is 9.42. The van der Waals surface area contributed by atoms with Gasteiger partial charge in [-0.1, -0.05) is 89.0 Å². The number of carboxylic acids is 1. The highest BCUT2D eigenvalue weighted by atomic mass is 35.5. The molecule has 3 aliphatic rings. The first kappa shape index (κ1) is 98.5. The molecule has 27 nitrogen and oxygen atoms in total. The largest absolute Gasteiger partial charge is 1.00 e. The number of phenols is 2. The average Bonchev–Trinajstić information content (AvgIpc) is 0.802. The number of aliphatic carboxylic acids is 1. The van der Waals surface area contributed by atoms with Gasteiger partial charge in [0, 0.05) is 88.5 Å². The zero-order valence-corrected chi connectivity index (χ0v) is 65.6. The molecule has 4 rings (SSSR count). The summed E-state index contributed by atoms with van der Waals surface area (Å²) in [6.45, 7) is 29.0. The van der Waals surface area contributed by atoms with Crippen LogP contribution in [0.5, 0.6) is 11.5 Å². The second-order valence-corrected chi connectivity index (χ2v) is 26.9. The molecule has 586 valence electrons. The van der Waals surface area contributed by atoms with E-state index in [0.717, 1.165) is 6.08 Å². The van der Waals surface area contributed by atoms with Crippen LogP contribution in [0.4, 0.5) is 21.0 Å². The number of likely N-dealkylation sites (N-methyl/N-ethyl adjacent to an activating group) is 2. The molecule has 4 amide bonds. The molecule has 1 aromatic rings. The van der Waals surface area contributed by atoms with Gasteiger partial charge in [0.15, 0.2) is 11.4 Å². The van der Waals surface area contributed by atoms with Gasteiger partial charge in [-0.3, -0.25) is 24.0 Å². The van der Waals surface area contributed by atoms with Crippen LogP contribution >= 0.6 is 24.0 Å². The normalized spacial score (nSPS) is 26.8. The highest BCUT2D eigenvalue weighted by Crippen LogP contribution is 2.41. The summed E-state index contributed by atoms with van der Waals surface area (Å²) < 4.78 is 33.2. The predicted molar refractivity (Wildman–Crippen MR) is 396 cm³/mol.